The van der Waals surface area contributed by atoms with Crippen LogP contribution in [0.2, 0.25) is 0 Å². The zero-order valence-electron chi connectivity index (χ0n) is 10.0. The fourth-order valence-corrected chi connectivity index (χ4v) is 2.51. The molecule has 1 heterocycles. The van der Waals surface area contributed by atoms with E-state index in [2.05, 4.69) is 10.3 Å². The van der Waals surface area contributed by atoms with Gasteiger partial charge in [0.15, 0.2) is 0 Å². The first-order valence-electron chi connectivity index (χ1n) is 5.20. The van der Waals surface area contributed by atoms with Crippen LogP contribution < -0.4 is 5.32 Å². The van der Waals surface area contributed by atoms with E-state index in [1.165, 1.54) is 5.38 Å². The zero-order valence-corrected chi connectivity index (χ0v) is 11.6. The minimum Gasteiger partial charge on any atom is -0.476 e. The summed E-state index contributed by atoms with van der Waals surface area (Å²) in [5.74, 6) is -1.04. The number of carboxylic acids is 1. The van der Waals surface area contributed by atoms with Crippen LogP contribution in [0, 0.1) is 0 Å². The average Bonchev–Trinajstić information content (AvgIpc) is 2.75. The predicted molar refractivity (Wildman–Crippen MR) is 69.6 cm³/mol. The maximum atomic E-state index is 11.7. The highest BCUT2D eigenvalue weighted by Gasteiger charge is 2.16. The molecule has 0 spiro atoms. The van der Waals surface area contributed by atoms with Crippen LogP contribution in [-0.2, 0) is 10.8 Å². The summed E-state index contributed by atoms with van der Waals surface area (Å²) in [6.07, 6.45) is 2.21. The van der Waals surface area contributed by atoms with Gasteiger partial charge >= 0.3 is 5.97 Å². The molecule has 18 heavy (non-hydrogen) atoms. The summed E-state index contributed by atoms with van der Waals surface area (Å²) in [7, 11) is -0.890. The standard InChI is InChI=1S/C10H14N2O4S2/c1-6(3-4-18(2)16)11-8(13)7-5-17-9(12-7)10(14)15/h5-6H,3-4H2,1-2H3,(H,11,13)(H,14,15). The summed E-state index contributed by atoms with van der Waals surface area (Å²) in [5, 5.41) is 12.7. The topological polar surface area (TPSA) is 96.4 Å². The number of amides is 1. The maximum Gasteiger partial charge on any atom is 0.365 e. The van der Waals surface area contributed by atoms with Gasteiger partial charge < -0.3 is 10.4 Å². The van der Waals surface area contributed by atoms with Gasteiger partial charge in [0.2, 0.25) is 5.01 Å². The Labute approximate surface area is 111 Å². The van der Waals surface area contributed by atoms with E-state index in [0.29, 0.717) is 12.2 Å². The Morgan fingerprint density at radius 3 is 2.78 bits per heavy atom. The summed E-state index contributed by atoms with van der Waals surface area (Å²) >= 11 is 0.911. The highest BCUT2D eigenvalue weighted by atomic mass is 32.2. The van der Waals surface area contributed by atoms with Crippen LogP contribution in [0.1, 0.15) is 33.6 Å². The van der Waals surface area contributed by atoms with Crippen LogP contribution in [0.25, 0.3) is 0 Å². The molecule has 0 aliphatic rings. The molecule has 2 N–H and O–H groups in total. The fourth-order valence-electron chi connectivity index (χ4n) is 1.19. The Hall–Kier alpha value is -1.28. The molecule has 1 aromatic heterocycles. The molecule has 0 fully saturated rings. The monoisotopic (exact) mass is 290 g/mol. The molecule has 0 saturated carbocycles. The van der Waals surface area contributed by atoms with Gasteiger partial charge in [-0.2, -0.15) is 0 Å². The van der Waals surface area contributed by atoms with Gasteiger partial charge in [0.05, 0.1) is 0 Å². The molecule has 2 unspecified atom stereocenters. The lowest BCUT2D eigenvalue weighted by Crippen LogP contribution is -2.33. The number of hydrogen-bond acceptors (Lipinski definition) is 5. The van der Waals surface area contributed by atoms with Crippen molar-refractivity contribution in [1.82, 2.24) is 10.3 Å². The SMILES string of the molecule is CC(CCS(C)=O)NC(=O)c1csc(C(=O)O)n1. The first kappa shape index (κ1) is 14.8. The summed E-state index contributed by atoms with van der Waals surface area (Å²) in [6, 6.07) is -0.128. The van der Waals surface area contributed by atoms with Crippen LogP contribution in [0.15, 0.2) is 5.38 Å². The van der Waals surface area contributed by atoms with E-state index < -0.39 is 22.7 Å². The van der Waals surface area contributed by atoms with E-state index in [1.807, 2.05) is 0 Å². The van der Waals surface area contributed by atoms with Gasteiger partial charge in [-0.05, 0) is 13.3 Å². The molecule has 6 nitrogen and oxygen atoms in total. The van der Waals surface area contributed by atoms with E-state index in [4.69, 9.17) is 5.11 Å². The van der Waals surface area contributed by atoms with Crippen LogP contribution in [0.5, 0.6) is 0 Å². The van der Waals surface area contributed by atoms with Crippen molar-refractivity contribution < 1.29 is 18.9 Å². The lowest BCUT2D eigenvalue weighted by Gasteiger charge is -2.11. The molecule has 0 aliphatic heterocycles. The number of rotatable bonds is 6. The second kappa shape index (κ2) is 6.60. The van der Waals surface area contributed by atoms with Gasteiger partial charge in [-0.15, -0.1) is 11.3 Å². The molecule has 0 radical (unpaired) electrons. The van der Waals surface area contributed by atoms with Gasteiger partial charge in [0.1, 0.15) is 5.69 Å². The molecular weight excluding hydrogens is 276 g/mol. The van der Waals surface area contributed by atoms with Gasteiger partial charge in [-0.3, -0.25) is 9.00 Å². The molecule has 8 heteroatoms. The van der Waals surface area contributed by atoms with E-state index >= 15 is 0 Å². The second-order valence-electron chi connectivity index (χ2n) is 3.78. The van der Waals surface area contributed by atoms with Crippen molar-refractivity contribution in [2.45, 2.75) is 19.4 Å². The second-order valence-corrected chi connectivity index (χ2v) is 6.20. The number of carbonyl (C=O) groups excluding carboxylic acids is 1. The largest absolute Gasteiger partial charge is 0.476 e. The summed E-state index contributed by atoms with van der Waals surface area (Å²) in [6.45, 7) is 1.80. The van der Waals surface area contributed by atoms with Crippen molar-refractivity contribution in [3.05, 3.63) is 16.1 Å². The number of thiazole rings is 1. The number of nitrogens with one attached hydrogen (secondary N) is 1. The van der Waals surface area contributed by atoms with Gasteiger partial charge in [0, 0.05) is 34.2 Å². The van der Waals surface area contributed by atoms with E-state index in [-0.39, 0.29) is 16.7 Å². The number of carboxylic acid groups (broad SMARTS) is 1. The lowest BCUT2D eigenvalue weighted by molar-refractivity contribution is 0.0696. The van der Waals surface area contributed by atoms with Crippen LogP contribution in [-0.4, -0.2) is 44.2 Å². The van der Waals surface area contributed by atoms with Gasteiger partial charge in [-0.25, -0.2) is 9.78 Å². The number of aromatic nitrogens is 1. The third-order valence-electron chi connectivity index (χ3n) is 2.14. The zero-order chi connectivity index (χ0) is 13.7. The molecule has 0 aliphatic carbocycles. The first-order valence-corrected chi connectivity index (χ1v) is 7.80. The summed E-state index contributed by atoms with van der Waals surface area (Å²) in [4.78, 5) is 26.0. The van der Waals surface area contributed by atoms with Crippen molar-refractivity contribution in [2.75, 3.05) is 12.0 Å². The van der Waals surface area contributed by atoms with Crippen molar-refractivity contribution in [3.63, 3.8) is 0 Å². The van der Waals surface area contributed by atoms with Crippen LogP contribution in [0.4, 0.5) is 0 Å². The van der Waals surface area contributed by atoms with Crippen LogP contribution >= 0.6 is 11.3 Å². The maximum absolute atomic E-state index is 11.7. The van der Waals surface area contributed by atoms with E-state index in [0.717, 1.165) is 11.3 Å². The Bertz CT molecular complexity index is 472. The molecule has 2 atom stereocenters. The molecule has 0 aromatic carbocycles. The number of nitrogens with zero attached hydrogens (tertiary/aromatic N) is 1. The molecule has 1 rings (SSSR count). The number of carbonyl (C=O) groups is 2. The van der Waals surface area contributed by atoms with E-state index in [9.17, 15) is 13.8 Å². The molecular formula is C10H14N2O4S2. The quantitative estimate of drug-likeness (QED) is 0.805. The minimum atomic E-state index is -1.14. The molecule has 0 saturated heterocycles. The summed E-state index contributed by atoms with van der Waals surface area (Å²) < 4.78 is 10.9. The van der Waals surface area contributed by atoms with Crippen LogP contribution in [0.3, 0.4) is 0 Å². The molecule has 1 amide bonds. The highest BCUT2D eigenvalue weighted by Crippen LogP contribution is 2.09. The third-order valence-corrected chi connectivity index (χ3v) is 3.78. The third kappa shape index (κ3) is 4.53. The van der Waals surface area contributed by atoms with Crippen molar-refractivity contribution in [1.29, 1.82) is 0 Å². The summed E-state index contributed by atoms with van der Waals surface area (Å²) in [5.41, 5.74) is 0.0990. The Morgan fingerprint density at radius 1 is 1.61 bits per heavy atom. The van der Waals surface area contributed by atoms with Crippen molar-refractivity contribution in [2.24, 2.45) is 0 Å². The minimum absolute atomic E-state index is 0.0990. The van der Waals surface area contributed by atoms with Gasteiger partial charge in [-0.1, -0.05) is 0 Å². The van der Waals surface area contributed by atoms with E-state index in [1.54, 1.807) is 13.2 Å². The van der Waals surface area contributed by atoms with Crippen molar-refractivity contribution in [3.8, 4) is 0 Å². The molecule has 0 bridgehead atoms. The fraction of sp³-hybridized carbons (Fsp3) is 0.500. The highest BCUT2D eigenvalue weighted by molar-refractivity contribution is 7.84. The lowest BCUT2D eigenvalue weighted by atomic mass is 10.2. The Morgan fingerprint density at radius 2 is 2.28 bits per heavy atom. The van der Waals surface area contributed by atoms with Crippen molar-refractivity contribution >= 4 is 34.0 Å². The Kier molecular flexibility index (Phi) is 5.42. The smallest absolute Gasteiger partial charge is 0.365 e. The molecule has 1 aromatic rings. The van der Waals surface area contributed by atoms with Gasteiger partial charge in [0.25, 0.3) is 5.91 Å². The first-order chi connectivity index (χ1) is 8.40. The molecule has 100 valence electrons. The average molecular weight is 290 g/mol. The predicted octanol–water partition coefficient (Wildman–Crippen LogP) is 0.728. The number of hydrogen-bond donors (Lipinski definition) is 2. The normalized spacial score (nSPS) is 13.9. The Balaban J connectivity index is 2.53. The number of aromatic carboxylic acids is 1.